The summed E-state index contributed by atoms with van der Waals surface area (Å²) in [5.74, 6) is 1.88. The topological polar surface area (TPSA) is 108 Å². The van der Waals surface area contributed by atoms with Gasteiger partial charge in [-0.3, -0.25) is 4.90 Å². The van der Waals surface area contributed by atoms with Crippen LogP contribution < -0.4 is 4.90 Å². The summed E-state index contributed by atoms with van der Waals surface area (Å²) in [4.78, 5) is 13.0. The van der Waals surface area contributed by atoms with E-state index in [1.807, 2.05) is 11.8 Å². The number of halogens is 1. The largest absolute Gasteiger partial charge is 0.459 e. The fourth-order valence-corrected chi connectivity index (χ4v) is 3.88. The Morgan fingerprint density at radius 3 is 2.67 bits per heavy atom. The van der Waals surface area contributed by atoms with Crippen molar-refractivity contribution in [1.29, 1.82) is 5.26 Å². The fraction of sp³-hybridized carbons (Fsp3) is 0.304. The van der Waals surface area contributed by atoms with E-state index in [1.165, 1.54) is 12.3 Å². The molecule has 1 atom stereocenters. The molecule has 1 aliphatic heterocycles. The lowest BCUT2D eigenvalue weighted by atomic mass is 10.1. The number of oxazole rings is 1. The molecule has 0 N–H and O–H groups in total. The number of benzene rings is 1. The van der Waals surface area contributed by atoms with E-state index >= 15 is 0 Å². The molecule has 168 valence electrons. The molecule has 0 radical (unpaired) electrons. The number of aromatic nitrogens is 3. The highest BCUT2D eigenvalue weighted by Crippen LogP contribution is 2.30. The number of anilines is 1. The first-order valence-electron chi connectivity index (χ1n) is 10.6. The zero-order chi connectivity index (χ0) is 22.9. The monoisotopic (exact) mass is 448 g/mol. The maximum atomic E-state index is 13.6. The van der Waals surface area contributed by atoms with E-state index in [0.717, 1.165) is 0 Å². The summed E-state index contributed by atoms with van der Waals surface area (Å²) in [7, 11) is 0. The summed E-state index contributed by atoms with van der Waals surface area (Å²) in [5.41, 5.74) is 1.48. The number of nitrogens with zero attached hydrogens (tertiary/aromatic N) is 6. The Kier molecular flexibility index (Phi) is 5.40. The second-order valence-corrected chi connectivity index (χ2v) is 7.88. The second-order valence-electron chi connectivity index (χ2n) is 7.88. The van der Waals surface area contributed by atoms with Gasteiger partial charge in [0.05, 0.1) is 12.3 Å². The van der Waals surface area contributed by atoms with Gasteiger partial charge in [0.15, 0.2) is 5.76 Å². The summed E-state index contributed by atoms with van der Waals surface area (Å²) in [6.45, 7) is 6.40. The standard InChI is InChI=1S/C23H21FN6O3/c1-14-12-16(5-6-17(14)24)20-27-21(33-28-20)15(2)29-7-9-30(10-8-29)23-18(13-25)26-22(32-23)19-4-3-11-31-19/h3-6,11-12,15H,7-10H2,1-2H3. The Bertz CT molecular complexity index is 1300. The number of furan rings is 1. The van der Waals surface area contributed by atoms with Crippen LogP contribution in [0.4, 0.5) is 10.3 Å². The zero-order valence-electron chi connectivity index (χ0n) is 18.2. The van der Waals surface area contributed by atoms with Gasteiger partial charge in [-0.2, -0.15) is 15.2 Å². The van der Waals surface area contributed by atoms with E-state index < -0.39 is 0 Å². The van der Waals surface area contributed by atoms with Gasteiger partial charge in [0.1, 0.15) is 11.9 Å². The molecule has 0 aliphatic carbocycles. The highest BCUT2D eigenvalue weighted by molar-refractivity contribution is 5.56. The molecule has 1 saturated heterocycles. The van der Waals surface area contributed by atoms with Gasteiger partial charge in [0, 0.05) is 31.7 Å². The molecule has 1 aromatic carbocycles. The summed E-state index contributed by atoms with van der Waals surface area (Å²) in [6.07, 6.45) is 1.53. The molecule has 0 amide bonds. The van der Waals surface area contributed by atoms with Gasteiger partial charge >= 0.3 is 0 Å². The zero-order valence-corrected chi connectivity index (χ0v) is 18.2. The van der Waals surface area contributed by atoms with Crippen LogP contribution in [0.3, 0.4) is 0 Å². The molecule has 0 saturated carbocycles. The van der Waals surface area contributed by atoms with E-state index in [2.05, 4.69) is 26.1 Å². The third-order valence-electron chi connectivity index (χ3n) is 5.81. The predicted molar refractivity (Wildman–Crippen MR) is 116 cm³/mol. The number of hydrogen-bond donors (Lipinski definition) is 0. The van der Waals surface area contributed by atoms with Crippen LogP contribution in [0.1, 0.15) is 30.1 Å². The van der Waals surface area contributed by atoms with Gasteiger partial charge in [-0.1, -0.05) is 5.16 Å². The number of hydrogen-bond acceptors (Lipinski definition) is 9. The SMILES string of the molecule is Cc1cc(-c2noc(C(C)N3CCN(c4oc(-c5ccco5)nc4C#N)CC3)n2)ccc1F. The van der Waals surface area contributed by atoms with Crippen molar-refractivity contribution < 1.29 is 17.7 Å². The van der Waals surface area contributed by atoms with Crippen molar-refractivity contribution >= 4 is 5.88 Å². The van der Waals surface area contributed by atoms with Crippen LogP contribution in [-0.4, -0.2) is 46.2 Å². The van der Waals surface area contributed by atoms with Gasteiger partial charge < -0.3 is 18.3 Å². The summed E-state index contributed by atoms with van der Waals surface area (Å²) < 4.78 is 30.2. The average molecular weight is 448 g/mol. The molecular formula is C23H21FN6O3. The van der Waals surface area contributed by atoms with Crippen LogP contribution in [0.25, 0.3) is 23.0 Å². The van der Waals surface area contributed by atoms with E-state index in [-0.39, 0.29) is 23.4 Å². The summed E-state index contributed by atoms with van der Waals surface area (Å²) in [6, 6.07) is 10.2. The Labute approximate surface area is 189 Å². The molecule has 33 heavy (non-hydrogen) atoms. The minimum Gasteiger partial charge on any atom is -0.459 e. The number of nitriles is 1. The van der Waals surface area contributed by atoms with Crippen molar-refractivity contribution in [2.24, 2.45) is 0 Å². The van der Waals surface area contributed by atoms with Crippen LogP contribution in [-0.2, 0) is 0 Å². The maximum Gasteiger partial charge on any atom is 0.266 e. The van der Waals surface area contributed by atoms with E-state index in [4.69, 9.17) is 13.4 Å². The van der Waals surface area contributed by atoms with Crippen LogP contribution in [0.15, 0.2) is 50.0 Å². The first-order valence-corrected chi connectivity index (χ1v) is 10.6. The van der Waals surface area contributed by atoms with Gasteiger partial charge in [-0.05, 0) is 49.7 Å². The molecule has 9 nitrogen and oxygen atoms in total. The third-order valence-corrected chi connectivity index (χ3v) is 5.81. The number of piperazine rings is 1. The second kappa shape index (κ2) is 8.52. The van der Waals surface area contributed by atoms with E-state index in [9.17, 15) is 9.65 Å². The highest BCUT2D eigenvalue weighted by Gasteiger charge is 2.29. The van der Waals surface area contributed by atoms with Crippen molar-refractivity contribution in [3.05, 3.63) is 59.6 Å². The molecule has 1 aliphatic rings. The minimum absolute atomic E-state index is 0.0983. The summed E-state index contributed by atoms with van der Waals surface area (Å²) >= 11 is 0. The molecule has 1 unspecified atom stereocenters. The quantitative estimate of drug-likeness (QED) is 0.444. The van der Waals surface area contributed by atoms with Crippen LogP contribution >= 0.6 is 0 Å². The summed E-state index contributed by atoms with van der Waals surface area (Å²) in [5, 5.41) is 13.6. The molecule has 5 rings (SSSR count). The molecule has 0 bridgehead atoms. The van der Waals surface area contributed by atoms with Gasteiger partial charge in [-0.15, -0.1) is 0 Å². The smallest absolute Gasteiger partial charge is 0.266 e. The lowest BCUT2D eigenvalue weighted by Crippen LogP contribution is -2.47. The molecule has 3 aromatic heterocycles. The molecule has 4 aromatic rings. The van der Waals surface area contributed by atoms with E-state index in [1.54, 1.807) is 31.2 Å². The van der Waals surface area contributed by atoms with Crippen molar-refractivity contribution in [3.8, 4) is 29.1 Å². The minimum atomic E-state index is -0.267. The van der Waals surface area contributed by atoms with Crippen LogP contribution in [0.2, 0.25) is 0 Å². The highest BCUT2D eigenvalue weighted by atomic mass is 19.1. The Morgan fingerprint density at radius 1 is 1.15 bits per heavy atom. The predicted octanol–water partition coefficient (Wildman–Crippen LogP) is 4.19. The molecule has 1 fully saturated rings. The van der Waals surface area contributed by atoms with E-state index in [0.29, 0.717) is 60.7 Å². The lowest BCUT2D eigenvalue weighted by molar-refractivity contribution is 0.162. The molecule has 4 heterocycles. The Morgan fingerprint density at radius 2 is 1.97 bits per heavy atom. The Balaban J connectivity index is 1.27. The molecule has 10 heteroatoms. The van der Waals surface area contributed by atoms with Crippen molar-refractivity contribution in [1.82, 2.24) is 20.0 Å². The van der Waals surface area contributed by atoms with Gasteiger partial charge in [-0.25, -0.2) is 4.39 Å². The molecule has 0 spiro atoms. The number of aryl methyl sites for hydroxylation is 1. The lowest BCUT2D eigenvalue weighted by Gasteiger charge is -2.36. The third kappa shape index (κ3) is 3.99. The van der Waals surface area contributed by atoms with Gasteiger partial charge in [0.2, 0.25) is 23.3 Å². The maximum absolute atomic E-state index is 13.6. The van der Waals surface area contributed by atoms with Crippen LogP contribution in [0, 0.1) is 24.1 Å². The normalized spacial score (nSPS) is 15.5. The van der Waals surface area contributed by atoms with Crippen molar-refractivity contribution in [3.63, 3.8) is 0 Å². The Hall–Kier alpha value is -3.97. The number of rotatable bonds is 5. The fourth-order valence-electron chi connectivity index (χ4n) is 3.88. The van der Waals surface area contributed by atoms with Gasteiger partial charge in [0.25, 0.3) is 5.89 Å². The van der Waals surface area contributed by atoms with Crippen molar-refractivity contribution in [2.45, 2.75) is 19.9 Å². The van der Waals surface area contributed by atoms with Crippen LogP contribution in [0.5, 0.6) is 0 Å². The first-order chi connectivity index (χ1) is 16.0. The molecular weight excluding hydrogens is 427 g/mol. The first kappa shape index (κ1) is 20.9. The van der Waals surface area contributed by atoms with Crippen molar-refractivity contribution in [2.75, 3.05) is 31.1 Å². The average Bonchev–Trinajstić information content (AvgIpc) is 3.60.